The van der Waals surface area contributed by atoms with E-state index in [2.05, 4.69) is 16.4 Å². The fourth-order valence-corrected chi connectivity index (χ4v) is 1.81. The van der Waals surface area contributed by atoms with Crippen molar-refractivity contribution in [2.75, 3.05) is 24.3 Å². The normalized spacial score (nSPS) is 9.74. The molecular weight excluding hydrogens is 236 g/mol. The second kappa shape index (κ2) is 5.87. The number of rotatable bonds is 4. The highest BCUT2D eigenvalue weighted by atomic mass is 15.1. The number of pyridine rings is 1. The molecule has 0 spiro atoms. The van der Waals surface area contributed by atoms with E-state index in [1.807, 2.05) is 55.5 Å². The van der Waals surface area contributed by atoms with Crippen LogP contribution in [0.2, 0.25) is 0 Å². The maximum Gasteiger partial charge on any atom is 0.0991 e. The number of hydrogen-bond donors (Lipinski definition) is 1. The maximum atomic E-state index is 8.75. The molecule has 96 valence electrons. The van der Waals surface area contributed by atoms with Crippen molar-refractivity contribution in [3.05, 3.63) is 53.9 Å². The Morgan fingerprint density at radius 3 is 2.58 bits per heavy atom. The molecule has 1 aromatic carbocycles. The van der Waals surface area contributed by atoms with Crippen LogP contribution in [0.5, 0.6) is 0 Å². The summed E-state index contributed by atoms with van der Waals surface area (Å²) in [5.41, 5.74) is 3.91. The fraction of sp³-hybridized carbons (Fsp3) is 0.200. The van der Waals surface area contributed by atoms with Crippen molar-refractivity contribution < 1.29 is 0 Å². The van der Waals surface area contributed by atoms with Gasteiger partial charge < -0.3 is 10.2 Å². The lowest BCUT2D eigenvalue weighted by Crippen LogP contribution is -2.12. The van der Waals surface area contributed by atoms with Gasteiger partial charge in [0.05, 0.1) is 29.2 Å². The van der Waals surface area contributed by atoms with Crippen LogP contribution in [0.3, 0.4) is 0 Å². The molecule has 1 N–H and O–H groups in total. The molecule has 0 bridgehead atoms. The Bertz CT molecular complexity index is 582. The first kappa shape index (κ1) is 12.9. The molecule has 0 aliphatic rings. The van der Waals surface area contributed by atoms with Gasteiger partial charge in [0.2, 0.25) is 0 Å². The number of nitriles is 1. The van der Waals surface area contributed by atoms with Gasteiger partial charge in [-0.3, -0.25) is 4.98 Å². The smallest absolute Gasteiger partial charge is 0.0991 e. The summed E-state index contributed by atoms with van der Waals surface area (Å²) < 4.78 is 0. The summed E-state index contributed by atoms with van der Waals surface area (Å²) in [6.07, 6.45) is 3.60. The van der Waals surface area contributed by atoms with Crippen LogP contribution in [-0.4, -0.2) is 19.1 Å². The molecule has 0 aliphatic heterocycles. The van der Waals surface area contributed by atoms with Gasteiger partial charge in [0, 0.05) is 26.8 Å². The van der Waals surface area contributed by atoms with Gasteiger partial charge in [0.15, 0.2) is 0 Å². The zero-order valence-electron chi connectivity index (χ0n) is 11.1. The average molecular weight is 252 g/mol. The highest BCUT2D eigenvalue weighted by Gasteiger charge is 2.03. The second-order valence-electron chi connectivity index (χ2n) is 4.45. The van der Waals surface area contributed by atoms with Crippen LogP contribution >= 0.6 is 0 Å². The van der Waals surface area contributed by atoms with Crippen LogP contribution < -0.4 is 10.2 Å². The lowest BCUT2D eigenvalue weighted by molar-refractivity contribution is 1.09. The zero-order valence-corrected chi connectivity index (χ0v) is 11.1. The molecule has 2 rings (SSSR count). The number of anilines is 2. The van der Waals surface area contributed by atoms with Crippen molar-refractivity contribution in [2.24, 2.45) is 0 Å². The highest BCUT2D eigenvalue weighted by molar-refractivity contribution is 5.68. The van der Waals surface area contributed by atoms with Gasteiger partial charge >= 0.3 is 0 Å². The maximum absolute atomic E-state index is 8.75. The van der Waals surface area contributed by atoms with Crippen molar-refractivity contribution >= 4 is 11.4 Å². The fourth-order valence-electron chi connectivity index (χ4n) is 1.81. The molecule has 0 atom stereocenters. The quantitative estimate of drug-likeness (QED) is 0.908. The number of aromatic nitrogens is 1. The van der Waals surface area contributed by atoms with Crippen LogP contribution in [-0.2, 0) is 6.54 Å². The molecule has 2 aromatic rings. The van der Waals surface area contributed by atoms with E-state index in [4.69, 9.17) is 5.26 Å². The van der Waals surface area contributed by atoms with Gasteiger partial charge in [-0.05, 0) is 23.8 Å². The SMILES string of the molecule is CN(C)c1ccncc1NCc1ccc(C#N)cc1. The molecule has 0 unspecified atom stereocenters. The summed E-state index contributed by atoms with van der Waals surface area (Å²) in [5.74, 6) is 0. The van der Waals surface area contributed by atoms with Gasteiger partial charge in [-0.15, -0.1) is 0 Å². The Morgan fingerprint density at radius 2 is 1.95 bits per heavy atom. The first-order chi connectivity index (χ1) is 9.20. The van der Waals surface area contributed by atoms with E-state index in [9.17, 15) is 0 Å². The predicted molar refractivity (Wildman–Crippen MR) is 77.0 cm³/mol. The Kier molecular flexibility index (Phi) is 3.99. The third-order valence-corrected chi connectivity index (χ3v) is 2.85. The van der Waals surface area contributed by atoms with Crippen molar-refractivity contribution in [3.8, 4) is 6.07 Å². The lowest BCUT2D eigenvalue weighted by atomic mass is 10.1. The molecule has 0 amide bonds. The second-order valence-corrected chi connectivity index (χ2v) is 4.45. The molecule has 0 fully saturated rings. The predicted octanol–water partition coefficient (Wildman–Crippen LogP) is 2.63. The average Bonchev–Trinajstić information content (AvgIpc) is 2.46. The number of nitrogens with one attached hydrogen (secondary N) is 1. The molecule has 0 saturated carbocycles. The van der Waals surface area contributed by atoms with Crippen LogP contribution in [0.1, 0.15) is 11.1 Å². The van der Waals surface area contributed by atoms with E-state index < -0.39 is 0 Å². The summed E-state index contributed by atoms with van der Waals surface area (Å²) in [7, 11) is 4.00. The van der Waals surface area contributed by atoms with Gasteiger partial charge in [-0.2, -0.15) is 5.26 Å². The molecule has 0 aliphatic carbocycles. The third-order valence-electron chi connectivity index (χ3n) is 2.85. The standard InChI is InChI=1S/C15H16N4/c1-19(2)15-7-8-17-11-14(15)18-10-13-5-3-12(9-16)4-6-13/h3-8,11,18H,10H2,1-2H3. The first-order valence-corrected chi connectivity index (χ1v) is 6.05. The molecular formula is C15H16N4. The minimum absolute atomic E-state index is 0.680. The minimum atomic E-state index is 0.680. The summed E-state index contributed by atoms with van der Waals surface area (Å²) in [5, 5.41) is 12.1. The summed E-state index contributed by atoms with van der Waals surface area (Å²) in [6.45, 7) is 0.707. The van der Waals surface area contributed by atoms with Crippen molar-refractivity contribution in [1.82, 2.24) is 4.98 Å². The van der Waals surface area contributed by atoms with E-state index in [0.717, 1.165) is 16.9 Å². The van der Waals surface area contributed by atoms with Crippen molar-refractivity contribution in [1.29, 1.82) is 5.26 Å². The molecule has 19 heavy (non-hydrogen) atoms. The Morgan fingerprint density at radius 1 is 1.21 bits per heavy atom. The summed E-state index contributed by atoms with van der Waals surface area (Å²) in [6, 6.07) is 11.7. The summed E-state index contributed by atoms with van der Waals surface area (Å²) in [4.78, 5) is 6.18. The van der Waals surface area contributed by atoms with Crippen LogP contribution in [0, 0.1) is 11.3 Å². The largest absolute Gasteiger partial charge is 0.378 e. The minimum Gasteiger partial charge on any atom is -0.378 e. The molecule has 4 heteroatoms. The Balaban J connectivity index is 2.08. The van der Waals surface area contributed by atoms with Gasteiger partial charge in [-0.1, -0.05) is 12.1 Å². The summed E-state index contributed by atoms with van der Waals surface area (Å²) >= 11 is 0. The van der Waals surface area contributed by atoms with E-state index in [1.165, 1.54) is 0 Å². The molecule has 1 heterocycles. The third kappa shape index (κ3) is 3.23. The molecule has 0 saturated heterocycles. The van der Waals surface area contributed by atoms with E-state index in [1.54, 1.807) is 6.20 Å². The van der Waals surface area contributed by atoms with E-state index in [0.29, 0.717) is 12.1 Å². The first-order valence-electron chi connectivity index (χ1n) is 6.05. The lowest BCUT2D eigenvalue weighted by Gasteiger charge is -2.17. The number of nitrogens with zero attached hydrogens (tertiary/aromatic N) is 3. The van der Waals surface area contributed by atoms with Crippen LogP contribution in [0.4, 0.5) is 11.4 Å². The monoisotopic (exact) mass is 252 g/mol. The highest BCUT2D eigenvalue weighted by Crippen LogP contribution is 2.22. The van der Waals surface area contributed by atoms with Gasteiger partial charge in [0.25, 0.3) is 0 Å². The Labute approximate surface area is 113 Å². The van der Waals surface area contributed by atoms with Gasteiger partial charge in [-0.25, -0.2) is 0 Å². The van der Waals surface area contributed by atoms with E-state index >= 15 is 0 Å². The van der Waals surface area contributed by atoms with Crippen molar-refractivity contribution in [2.45, 2.75) is 6.54 Å². The van der Waals surface area contributed by atoms with Crippen LogP contribution in [0.25, 0.3) is 0 Å². The Hall–Kier alpha value is -2.54. The topological polar surface area (TPSA) is 52.0 Å². The van der Waals surface area contributed by atoms with E-state index in [-0.39, 0.29) is 0 Å². The van der Waals surface area contributed by atoms with Crippen LogP contribution in [0.15, 0.2) is 42.7 Å². The molecule has 4 nitrogen and oxygen atoms in total. The number of hydrogen-bond acceptors (Lipinski definition) is 4. The molecule has 0 radical (unpaired) electrons. The molecule has 1 aromatic heterocycles. The zero-order chi connectivity index (χ0) is 13.7. The van der Waals surface area contributed by atoms with Gasteiger partial charge in [0.1, 0.15) is 0 Å². The number of benzene rings is 1. The van der Waals surface area contributed by atoms with Crippen molar-refractivity contribution in [3.63, 3.8) is 0 Å².